The van der Waals surface area contributed by atoms with Gasteiger partial charge in [-0.05, 0) is 44.2 Å². The molecule has 0 fully saturated rings. The number of nitrogens with zero attached hydrogens (tertiary/aromatic N) is 1. The number of hydrogen-bond acceptors (Lipinski definition) is 5. The summed E-state index contributed by atoms with van der Waals surface area (Å²) in [5, 5.41) is 2.89. The molecule has 0 atom stereocenters. The van der Waals surface area contributed by atoms with E-state index in [4.69, 9.17) is 4.74 Å². The van der Waals surface area contributed by atoms with Crippen LogP contribution < -0.4 is 21.3 Å². The van der Waals surface area contributed by atoms with Crippen molar-refractivity contribution < 1.29 is 9.53 Å². The number of carbonyl (C=O) groups excluding carboxylic acids is 1. The highest BCUT2D eigenvalue weighted by molar-refractivity contribution is 6.06. The summed E-state index contributed by atoms with van der Waals surface area (Å²) < 4.78 is 5.35. The second-order valence-electron chi connectivity index (χ2n) is 5.34. The van der Waals surface area contributed by atoms with Crippen LogP contribution in [0.2, 0.25) is 0 Å². The third kappa shape index (κ3) is 3.42. The third-order valence-corrected chi connectivity index (χ3v) is 3.58. The first-order valence-electron chi connectivity index (χ1n) is 7.66. The molecule has 2 heterocycles. The fourth-order valence-electron chi connectivity index (χ4n) is 2.41. The van der Waals surface area contributed by atoms with Crippen LogP contribution in [0.4, 0.5) is 5.69 Å². The minimum Gasteiger partial charge on any atom is -0.494 e. The molecule has 3 rings (SSSR count). The molecule has 3 N–H and O–H groups in total. The normalized spacial score (nSPS) is 10.6. The van der Waals surface area contributed by atoms with Crippen LogP contribution in [0, 0.1) is 6.92 Å². The molecule has 0 bridgehead atoms. The lowest BCUT2D eigenvalue weighted by Gasteiger charge is -2.09. The van der Waals surface area contributed by atoms with E-state index in [1.54, 1.807) is 31.2 Å². The van der Waals surface area contributed by atoms with Gasteiger partial charge in [0.05, 0.1) is 23.3 Å². The van der Waals surface area contributed by atoms with Crippen LogP contribution in [0.5, 0.6) is 5.75 Å². The predicted molar refractivity (Wildman–Crippen MR) is 93.3 cm³/mol. The first kappa shape index (κ1) is 16.4. The fraction of sp³-hybridized carbons (Fsp3) is 0.176. The molecule has 0 saturated carbocycles. The molecule has 0 aliphatic rings. The van der Waals surface area contributed by atoms with E-state index in [-0.39, 0.29) is 16.6 Å². The Balaban J connectivity index is 1.92. The molecule has 0 aliphatic heterocycles. The Bertz CT molecular complexity index is 1050. The predicted octanol–water partition coefficient (Wildman–Crippen LogP) is 1.57. The van der Waals surface area contributed by atoms with E-state index in [0.717, 1.165) is 0 Å². The van der Waals surface area contributed by atoms with Gasteiger partial charge in [0.1, 0.15) is 11.4 Å². The number of aromatic amines is 2. The number of carbonyl (C=O) groups is 1. The monoisotopic (exact) mass is 340 g/mol. The van der Waals surface area contributed by atoms with Gasteiger partial charge in [0.15, 0.2) is 0 Å². The molecule has 2 aromatic heterocycles. The topological polar surface area (TPSA) is 117 Å². The highest BCUT2D eigenvalue weighted by Crippen LogP contribution is 2.18. The van der Waals surface area contributed by atoms with Crippen LogP contribution in [-0.4, -0.2) is 27.5 Å². The third-order valence-electron chi connectivity index (χ3n) is 3.58. The van der Waals surface area contributed by atoms with Crippen LogP contribution in [0.25, 0.3) is 11.0 Å². The van der Waals surface area contributed by atoms with Crippen molar-refractivity contribution in [2.45, 2.75) is 13.8 Å². The van der Waals surface area contributed by atoms with Crippen molar-refractivity contribution in [3.8, 4) is 5.75 Å². The van der Waals surface area contributed by atoms with Gasteiger partial charge in [0.25, 0.3) is 11.5 Å². The van der Waals surface area contributed by atoms with Crippen LogP contribution in [0.1, 0.15) is 23.0 Å². The number of amides is 1. The van der Waals surface area contributed by atoms with Gasteiger partial charge in [0, 0.05) is 5.69 Å². The Morgan fingerprint density at radius 1 is 1.20 bits per heavy atom. The number of benzene rings is 1. The number of ether oxygens (including phenoxy) is 1. The summed E-state index contributed by atoms with van der Waals surface area (Å²) in [5.41, 5.74) is 0.140. The van der Waals surface area contributed by atoms with Crippen molar-refractivity contribution in [1.82, 2.24) is 15.0 Å². The second-order valence-corrected chi connectivity index (χ2v) is 5.34. The van der Waals surface area contributed by atoms with Crippen LogP contribution >= 0.6 is 0 Å². The molecular weight excluding hydrogens is 324 g/mol. The van der Waals surface area contributed by atoms with E-state index >= 15 is 0 Å². The smallest absolute Gasteiger partial charge is 0.327 e. The molecule has 0 spiro atoms. The van der Waals surface area contributed by atoms with E-state index in [1.807, 2.05) is 6.92 Å². The molecule has 0 unspecified atom stereocenters. The number of hydrogen-bond donors (Lipinski definition) is 3. The molecule has 8 nitrogen and oxygen atoms in total. The van der Waals surface area contributed by atoms with Crippen molar-refractivity contribution >= 4 is 22.6 Å². The molecule has 25 heavy (non-hydrogen) atoms. The van der Waals surface area contributed by atoms with Crippen LogP contribution in [0.15, 0.2) is 39.9 Å². The van der Waals surface area contributed by atoms with Gasteiger partial charge in [0.2, 0.25) is 0 Å². The maximum absolute atomic E-state index is 12.5. The van der Waals surface area contributed by atoms with Crippen molar-refractivity contribution in [1.29, 1.82) is 0 Å². The summed E-state index contributed by atoms with van der Waals surface area (Å²) in [6.07, 6.45) is 0. The molecule has 1 aromatic carbocycles. The maximum atomic E-state index is 12.5. The molecular formula is C17H16N4O4. The van der Waals surface area contributed by atoms with E-state index in [9.17, 15) is 14.4 Å². The zero-order valence-corrected chi connectivity index (χ0v) is 13.7. The number of H-pyrrole nitrogens is 2. The number of nitrogens with one attached hydrogen (secondary N) is 3. The average molecular weight is 340 g/mol. The number of anilines is 1. The number of fused-ring (bicyclic) bond motifs is 1. The Morgan fingerprint density at radius 2 is 1.92 bits per heavy atom. The van der Waals surface area contributed by atoms with Crippen LogP contribution in [0.3, 0.4) is 0 Å². The quantitative estimate of drug-likeness (QED) is 0.666. The Kier molecular flexibility index (Phi) is 4.34. The van der Waals surface area contributed by atoms with Gasteiger partial charge in [-0.15, -0.1) is 0 Å². The number of rotatable bonds is 4. The van der Waals surface area contributed by atoms with Crippen LogP contribution in [-0.2, 0) is 0 Å². The van der Waals surface area contributed by atoms with Gasteiger partial charge in [-0.3, -0.25) is 19.6 Å². The zero-order chi connectivity index (χ0) is 18.0. The number of aryl methyl sites for hydroxylation is 1. The van der Waals surface area contributed by atoms with Gasteiger partial charge in [-0.2, -0.15) is 0 Å². The number of pyridine rings is 1. The van der Waals surface area contributed by atoms with E-state index < -0.39 is 17.2 Å². The highest BCUT2D eigenvalue weighted by Gasteiger charge is 2.14. The molecule has 0 saturated heterocycles. The standard InChI is InChI=1S/C17H16N4O4/c1-3-25-11-6-4-10(5-7-11)19-15(22)12-8-13-14(18-9(12)2)20-17(24)21-16(13)23/h4-8H,3H2,1-2H3,(H,19,22)(H2,18,20,21,23,24). The summed E-state index contributed by atoms with van der Waals surface area (Å²) in [4.78, 5) is 44.4. The molecule has 8 heteroatoms. The van der Waals surface area contributed by atoms with E-state index in [2.05, 4.69) is 20.3 Å². The van der Waals surface area contributed by atoms with Crippen molar-refractivity contribution in [2.75, 3.05) is 11.9 Å². The summed E-state index contributed by atoms with van der Waals surface area (Å²) in [5.74, 6) is 0.307. The fourth-order valence-corrected chi connectivity index (χ4v) is 2.41. The van der Waals surface area contributed by atoms with Gasteiger partial charge in [-0.1, -0.05) is 0 Å². The summed E-state index contributed by atoms with van der Waals surface area (Å²) in [7, 11) is 0. The lowest BCUT2D eigenvalue weighted by molar-refractivity contribution is 0.102. The second kappa shape index (κ2) is 6.60. The summed E-state index contributed by atoms with van der Waals surface area (Å²) in [6, 6.07) is 8.35. The van der Waals surface area contributed by atoms with Gasteiger partial charge in [-0.25, -0.2) is 9.78 Å². The molecule has 0 aliphatic carbocycles. The largest absolute Gasteiger partial charge is 0.494 e. The molecule has 128 valence electrons. The number of aromatic nitrogens is 3. The highest BCUT2D eigenvalue weighted by atomic mass is 16.5. The summed E-state index contributed by atoms with van der Waals surface area (Å²) in [6.45, 7) is 4.08. The Labute approximate surface area is 141 Å². The maximum Gasteiger partial charge on any atom is 0.327 e. The molecule has 0 radical (unpaired) electrons. The first-order valence-corrected chi connectivity index (χ1v) is 7.66. The Hall–Kier alpha value is -3.42. The lowest BCUT2D eigenvalue weighted by atomic mass is 10.1. The van der Waals surface area contributed by atoms with Gasteiger partial charge < -0.3 is 10.1 Å². The average Bonchev–Trinajstić information content (AvgIpc) is 2.56. The SMILES string of the molecule is CCOc1ccc(NC(=O)c2cc3c(=O)[nH]c(=O)[nH]c3nc2C)cc1. The first-order chi connectivity index (χ1) is 12.0. The minimum absolute atomic E-state index is 0.141. The van der Waals surface area contributed by atoms with Crippen molar-refractivity contribution in [3.63, 3.8) is 0 Å². The zero-order valence-electron chi connectivity index (χ0n) is 13.7. The minimum atomic E-state index is -0.643. The van der Waals surface area contributed by atoms with Crippen molar-refractivity contribution in [2.24, 2.45) is 0 Å². The molecule has 1 amide bonds. The molecule has 3 aromatic rings. The van der Waals surface area contributed by atoms with E-state index in [0.29, 0.717) is 23.7 Å². The summed E-state index contributed by atoms with van der Waals surface area (Å²) >= 11 is 0. The van der Waals surface area contributed by atoms with E-state index in [1.165, 1.54) is 6.07 Å². The Morgan fingerprint density at radius 3 is 2.60 bits per heavy atom. The lowest BCUT2D eigenvalue weighted by Crippen LogP contribution is -2.24. The van der Waals surface area contributed by atoms with Gasteiger partial charge >= 0.3 is 5.69 Å². The van der Waals surface area contributed by atoms with Crippen molar-refractivity contribution in [3.05, 3.63) is 62.4 Å².